The molecule has 2 rings (SSSR count). The van der Waals surface area contributed by atoms with Crippen molar-refractivity contribution in [1.29, 1.82) is 0 Å². The fourth-order valence-corrected chi connectivity index (χ4v) is 0.881. The van der Waals surface area contributed by atoms with E-state index in [2.05, 4.69) is 9.97 Å². The molecule has 0 atom stereocenters. The summed E-state index contributed by atoms with van der Waals surface area (Å²) in [6, 6.07) is 1.75. The Labute approximate surface area is 58.8 Å². The largest absolute Gasteiger partial charge is 0.382 e. The van der Waals surface area contributed by atoms with Crippen LogP contribution in [0.1, 0.15) is 18.7 Å². The van der Waals surface area contributed by atoms with Crippen LogP contribution in [0.5, 0.6) is 0 Å². The van der Waals surface area contributed by atoms with Crippen LogP contribution in [0.25, 0.3) is 0 Å². The Morgan fingerprint density at radius 1 is 1.30 bits per heavy atom. The zero-order valence-corrected chi connectivity index (χ0v) is 5.49. The maximum Gasteiger partial charge on any atom is 0.159 e. The first-order valence-corrected chi connectivity index (χ1v) is 3.31. The summed E-state index contributed by atoms with van der Waals surface area (Å²) in [6.07, 6.45) is 4.91. The quantitative estimate of drug-likeness (QED) is 0.610. The van der Waals surface area contributed by atoms with Crippen LogP contribution < -0.4 is 0 Å². The Bertz CT molecular complexity index is 231. The molecule has 1 aliphatic carbocycles. The number of hydrogen-bond acceptors (Lipinski definition) is 3. The highest BCUT2D eigenvalue weighted by molar-refractivity contribution is 5.10. The topological polar surface area (TPSA) is 46.0 Å². The highest BCUT2D eigenvalue weighted by atomic mass is 16.3. The molecule has 3 heteroatoms. The second kappa shape index (κ2) is 1.76. The van der Waals surface area contributed by atoms with Crippen LogP contribution in [0.3, 0.4) is 0 Å². The second-order valence-corrected chi connectivity index (χ2v) is 2.60. The van der Waals surface area contributed by atoms with Gasteiger partial charge in [-0.15, -0.1) is 0 Å². The first kappa shape index (κ1) is 5.80. The predicted molar refractivity (Wildman–Crippen MR) is 35.2 cm³/mol. The summed E-state index contributed by atoms with van der Waals surface area (Å²) in [4.78, 5) is 7.90. The Morgan fingerprint density at radius 3 is 2.40 bits per heavy atom. The average molecular weight is 136 g/mol. The third-order valence-corrected chi connectivity index (χ3v) is 1.71. The maximum atomic E-state index is 9.48. The molecule has 1 aromatic rings. The van der Waals surface area contributed by atoms with Crippen molar-refractivity contribution >= 4 is 0 Å². The van der Waals surface area contributed by atoms with Crippen LogP contribution >= 0.6 is 0 Å². The van der Waals surface area contributed by atoms with Gasteiger partial charge in [-0.1, -0.05) is 0 Å². The molecule has 0 radical (unpaired) electrons. The van der Waals surface area contributed by atoms with Gasteiger partial charge in [-0.25, -0.2) is 9.97 Å². The lowest BCUT2D eigenvalue weighted by molar-refractivity contribution is 0.141. The van der Waals surface area contributed by atoms with Crippen LogP contribution in [0.2, 0.25) is 0 Å². The number of aliphatic hydroxyl groups is 1. The number of nitrogens with zero attached hydrogens (tertiary/aromatic N) is 2. The van der Waals surface area contributed by atoms with Crippen LogP contribution in [-0.2, 0) is 5.60 Å². The SMILES string of the molecule is OC1(c2ncccn2)CC1. The molecule has 0 spiro atoms. The smallest absolute Gasteiger partial charge is 0.159 e. The molecule has 0 bridgehead atoms. The van der Waals surface area contributed by atoms with Gasteiger partial charge in [0.2, 0.25) is 0 Å². The molecule has 1 N–H and O–H groups in total. The van der Waals surface area contributed by atoms with Crippen molar-refractivity contribution in [2.75, 3.05) is 0 Å². The molecule has 1 aromatic heterocycles. The van der Waals surface area contributed by atoms with Gasteiger partial charge in [-0.2, -0.15) is 0 Å². The van der Waals surface area contributed by atoms with Gasteiger partial charge >= 0.3 is 0 Å². The molecule has 0 saturated heterocycles. The van der Waals surface area contributed by atoms with Crippen LogP contribution in [0.4, 0.5) is 0 Å². The summed E-state index contributed by atoms with van der Waals surface area (Å²) in [5.41, 5.74) is -0.679. The van der Waals surface area contributed by atoms with E-state index in [-0.39, 0.29) is 0 Å². The molecule has 10 heavy (non-hydrogen) atoms. The number of aromatic nitrogens is 2. The minimum atomic E-state index is -0.679. The molecule has 0 aliphatic heterocycles. The molecule has 1 fully saturated rings. The Hall–Kier alpha value is -0.960. The normalized spacial score (nSPS) is 20.5. The maximum absolute atomic E-state index is 9.48. The molecule has 0 aromatic carbocycles. The molecule has 1 heterocycles. The van der Waals surface area contributed by atoms with E-state index in [0.29, 0.717) is 5.82 Å². The summed E-state index contributed by atoms with van der Waals surface area (Å²) in [6.45, 7) is 0. The van der Waals surface area contributed by atoms with Gasteiger partial charge in [0.1, 0.15) is 5.60 Å². The Balaban J connectivity index is 2.35. The van der Waals surface area contributed by atoms with Crippen molar-refractivity contribution in [3.8, 4) is 0 Å². The van der Waals surface area contributed by atoms with E-state index < -0.39 is 5.60 Å². The molecule has 52 valence electrons. The van der Waals surface area contributed by atoms with Crippen LogP contribution in [-0.4, -0.2) is 15.1 Å². The van der Waals surface area contributed by atoms with Crippen molar-refractivity contribution in [2.24, 2.45) is 0 Å². The van der Waals surface area contributed by atoms with E-state index in [4.69, 9.17) is 0 Å². The summed E-state index contributed by atoms with van der Waals surface area (Å²) in [7, 11) is 0. The second-order valence-electron chi connectivity index (χ2n) is 2.60. The lowest BCUT2D eigenvalue weighted by Crippen LogP contribution is -2.08. The van der Waals surface area contributed by atoms with Gasteiger partial charge in [0.15, 0.2) is 5.82 Å². The predicted octanol–water partition coefficient (Wildman–Crippen LogP) is 0.458. The minimum Gasteiger partial charge on any atom is -0.382 e. The highest BCUT2D eigenvalue weighted by Gasteiger charge is 2.44. The van der Waals surface area contributed by atoms with Crippen LogP contribution in [0, 0.1) is 0 Å². The van der Waals surface area contributed by atoms with Crippen molar-refractivity contribution in [2.45, 2.75) is 18.4 Å². The van der Waals surface area contributed by atoms with Crippen molar-refractivity contribution in [1.82, 2.24) is 9.97 Å². The molecular formula is C7H8N2O. The first-order chi connectivity index (χ1) is 4.81. The molecule has 1 saturated carbocycles. The van der Waals surface area contributed by atoms with E-state index in [0.717, 1.165) is 12.8 Å². The first-order valence-electron chi connectivity index (χ1n) is 3.31. The third-order valence-electron chi connectivity index (χ3n) is 1.71. The zero-order chi connectivity index (χ0) is 7.03. The summed E-state index contributed by atoms with van der Waals surface area (Å²) >= 11 is 0. The van der Waals surface area contributed by atoms with Gasteiger partial charge in [-0.3, -0.25) is 0 Å². The van der Waals surface area contributed by atoms with E-state index in [1.807, 2.05) is 0 Å². The van der Waals surface area contributed by atoms with Crippen LogP contribution in [0.15, 0.2) is 18.5 Å². The summed E-state index contributed by atoms with van der Waals surface area (Å²) in [5.74, 6) is 0.565. The molecule has 0 unspecified atom stereocenters. The standard InChI is InChI=1S/C7H8N2O/c10-7(2-3-7)6-8-4-1-5-9-6/h1,4-5,10H,2-3H2. The van der Waals surface area contributed by atoms with Gasteiger partial charge < -0.3 is 5.11 Å². The van der Waals surface area contributed by atoms with Crippen molar-refractivity contribution in [3.05, 3.63) is 24.3 Å². The molecular weight excluding hydrogens is 128 g/mol. The summed E-state index contributed by atoms with van der Waals surface area (Å²) < 4.78 is 0. The minimum absolute atomic E-state index is 0.565. The van der Waals surface area contributed by atoms with E-state index in [9.17, 15) is 5.11 Å². The highest BCUT2D eigenvalue weighted by Crippen LogP contribution is 2.42. The molecule has 1 aliphatic rings. The summed E-state index contributed by atoms with van der Waals surface area (Å²) in [5, 5.41) is 9.48. The monoisotopic (exact) mass is 136 g/mol. The van der Waals surface area contributed by atoms with Gasteiger partial charge in [0.25, 0.3) is 0 Å². The van der Waals surface area contributed by atoms with Gasteiger partial charge in [-0.05, 0) is 18.9 Å². The lowest BCUT2D eigenvalue weighted by atomic mass is 10.3. The lowest BCUT2D eigenvalue weighted by Gasteiger charge is -2.02. The Kier molecular flexibility index (Phi) is 1.02. The number of rotatable bonds is 1. The molecule has 0 amide bonds. The van der Waals surface area contributed by atoms with E-state index in [1.165, 1.54) is 0 Å². The van der Waals surface area contributed by atoms with Gasteiger partial charge in [0.05, 0.1) is 0 Å². The Morgan fingerprint density at radius 2 is 1.90 bits per heavy atom. The molecule has 3 nitrogen and oxygen atoms in total. The van der Waals surface area contributed by atoms with E-state index in [1.54, 1.807) is 18.5 Å². The average Bonchev–Trinajstić information content (AvgIpc) is 2.72. The zero-order valence-electron chi connectivity index (χ0n) is 5.49. The van der Waals surface area contributed by atoms with E-state index >= 15 is 0 Å². The fourth-order valence-electron chi connectivity index (χ4n) is 0.881. The third kappa shape index (κ3) is 0.789. The van der Waals surface area contributed by atoms with Gasteiger partial charge in [0, 0.05) is 12.4 Å². The van der Waals surface area contributed by atoms with Crippen molar-refractivity contribution < 1.29 is 5.11 Å². The number of hydrogen-bond donors (Lipinski definition) is 1. The van der Waals surface area contributed by atoms with Crippen molar-refractivity contribution in [3.63, 3.8) is 0 Å². The fraction of sp³-hybridized carbons (Fsp3) is 0.429.